The topological polar surface area (TPSA) is 131 Å². The third-order valence-electron chi connectivity index (χ3n) is 5.09. The fraction of sp³-hybridized carbons (Fsp3) is 0.0417. The number of halogens is 3. The molecule has 2 aromatic heterocycles. The van der Waals surface area contributed by atoms with E-state index in [1.807, 2.05) is 36.5 Å². The minimum Gasteiger partial charge on any atom is -0.475 e. The van der Waals surface area contributed by atoms with Crippen LogP contribution in [0.3, 0.4) is 0 Å². The number of H-pyrrole nitrogens is 1. The molecule has 0 radical (unpaired) electrons. The predicted molar refractivity (Wildman–Crippen MR) is 125 cm³/mol. The number of rotatable bonds is 2. The van der Waals surface area contributed by atoms with Gasteiger partial charge in [0.25, 0.3) is 0 Å². The standard InChI is InChI=1S/C22H17N5.C2HF3O2/c23-21-19-16-10-11-25-20(16)17(12-18(19)26-22(24)27-21)15-8-6-14(7-9-15)13-4-2-1-3-5-13;3-2(4,5)1(6)7/h1-12,25H,(H4,23,24,26,27);(H,6,7). The smallest absolute Gasteiger partial charge is 0.475 e. The fourth-order valence-electron chi connectivity index (χ4n) is 3.61. The molecule has 0 atom stereocenters. The first-order valence-corrected chi connectivity index (χ1v) is 9.94. The van der Waals surface area contributed by atoms with Crippen LogP contribution >= 0.6 is 0 Å². The first kappa shape index (κ1) is 22.6. The van der Waals surface area contributed by atoms with Crippen LogP contribution in [0.15, 0.2) is 72.9 Å². The molecular weight excluding hydrogens is 447 g/mol. The Labute approximate surface area is 190 Å². The first-order chi connectivity index (χ1) is 16.1. The van der Waals surface area contributed by atoms with E-state index in [4.69, 9.17) is 21.4 Å². The zero-order chi connectivity index (χ0) is 24.5. The Morgan fingerprint density at radius 2 is 1.47 bits per heavy atom. The minimum absolute atomic E-state index is 0.181. The van der Waals surface area contributed by atoms with Gasteiger partial charge in [0, 0.05) is 17.1 Å². The summed E-state index contributed by atoms with van der Waals surface area (Å²) < 4.78 is 31.7. The maximum absolute atomic E-state index is 10.6. The van der Waals surface area contributed by atoms with E-state index in [0.29, 0.717) is 5.82 Å². The van der Waals surface area contributed by atoms with Gasteiger partial charge >= 0.3 is 12.1 Å². The Kier molecular flexibility index (Phi) is 5.80. The highest BCUT2D eigenvalue weighted by molar-refractivity contribution is 6.15. The Bertz CT molecular complexity index is 1480. The van der Waals surface area contributed by atoms with E-state index in [2.05, 4.69) is 51.4 Å². The van der Waals surface area contributed by atoms with Gasteiger partial charge in [0.2, 0.25) is 5.95 Å². The van der Waals surface area contributed by atoms with Gasteiger partial charge in [-0.2, -0.15) is 18.2 Å². The van der Waals surface area contributed by atoms with Crippen LogP contribution in [-0.2, 0) is 4.79 Å². The molecule has 172 valence electrons. The number of fused-ring (bicyclic) bond motifs is 3. The van der Waals surface area contributed by atoms with E-state index < -0.39 is 12.1 Å². The minimum atomic E-state index is -5.08. The summed E-state index contributed by atoms with van der Waals surface area (Å²) >= 11 is 0. The van der Waals surface area contributed by atoms with Crippen LogP contribution in [0.4, 0.5) is 24.9 Å². The van der Waals surface area contributed by atoms with E-state index >= 15 is 0 Å². The van der Waals surface area contributed by atoms with Crippen LogP contribution in [0.1, 0.15) is 0 Å². The van der Waals surface area contributed by atoms with Crippen LogP contribution in [0, 0.1) is 0 Å². The molecule has 0 aliphatic carbocycles. The van der Waals surface area contributed by atoms with Gasteiger partial charge in [0.15, 0.2) is 0 Å². The SMILES string of the molecule is Nc1nc(N)c2c(cc(-c3ccc(-c4ccccc4)cc3)c3[nH]ccc32)n1.O=C(O)C(F)(F)F. The van der Waals surface area contributed by atoms with Crippen molar-refractivity contribution < 1.29 is 23.1 Å². The van der Waals surface area contributed by atoms with Crippen molar-refractivity contribution in [1.82, 2.24) is 15.0 Å². The molecule has 0 aliphatic rings. The number of aromatic amines is 1. The van der Waals surface area contributed by atoms with Crippen molar-refractivity contribution >= 4 is 39.5 Å². The van der Waals surface area contributed by atoms with E-state index in [1.165, 1.54) is 11.1 Å². The van der Waals surface area contributed by atoms with Crippen LogP contribution < -0.4 is 11.5 Å². The number of carbonyl (C=O) groups is 1. The lowest BCUT2D eigenvalue weighted by Crippen LogP contribution is -2.21. The van der Waals surface area contributed by atoms with E-state index in [-0.39, 0.29) is 5.95 Å². The molecule has 5 aromatic rings. The lowest BCUT2D eigenvalue weighted by Gasteiger charge is -2.10. The monoisotopic (exact) mass is 465 g/mol. The number of aromatic nitrogens is 3. The van der Waals surface area contributed by atoms with E-state index in [9.17, 15) is 13.2 Å². The molecule has 6 N–H and O–H groups in total. The molecule has 0 amide bonds. The van der Waals surface area contributed by atoms with Gasteiger partial charge in [0.1, 0.15) is 5.82 Å². The third-order valence-corrected chi connectivity index (χ3v) is 5.09. The molecule has 10 heteroatoms. The number of anilines is 2. The summed E-state index contributed by atoms with van der Waals surface area (Å²) in [5, 5.41) is 8.94. The second-order valence-corrected chi connectivity index (χ2v) is 7.30. The Morgan fingerprint density at radius 1 is 0.882 bits per heavy atom. The number of nitrogen functional groups attached to an aromatic ring is 2. The van der Waals surface area contributed by atoms with Gasteiger partial charge in [-0.25, -0.2) is 9.78 Å². The summed E-state index contributed by atoms with van der Waals surface area (Å²) in [5.41, 5.74) is 18.2. The summed E-state index contributed by atoms with van der Waals surface area (Å²) in [7, 11) is 0. The maximum atomic E-state index is 10.6. The summed E-state index contributed by atoms with van der Waals surface area (Å²) in [4.78, 5) is 20.7. The number of aliphatic carboxylic acids is 1. The number of nitrogens with zero attached hydrogens (tertiary/aromatic N) is 2. The molecular formula is C24H18F3N5O2. The lowest BCUT2D eigenvalue weighted by molar-refractivity contribution is -0.192. The van der Waals surface area contributed by atoms with Gasteiger partial charge in [-0.15, -0.1) is 0 Å². The number of benzene rings is 3. The molecule has 0 saturated heterocycles. The number of carboxylic acid groups (broad SMARTS) is 1. The molecule has 2 heterocycles. The summed E-state index contributed by atoms with van der Waals surface area (Å²) in [6, 6.07) is 22.8. The molecule has 0 spiro atoms. The molecule has 7 nitrogen and oxygen atoms in total. The molecule has 34 heavy (non-hydrogen) atoms. The third kappa shape index (κ3) is 4.46. The summed E-state index contributed by atoms with van der Waals surface area (Å²) in [6.45, 7) is 0. The first-order valence-electron chi connectivity index (χ1n) is 9.94. The summed E-state index contributed by atoms with van der Waals surface area (Å²) in [5.74, 6) is -2.18. The van der Waals surface area contributed by atoms with Crippen molar-refractivity contribution in [2.45, 2.75) is 6.18 Å². The molecule has 5 rings (SSSR count). The highest BCUT2D eigenvalue weighted by atomic mass is 19.4. The second kappa shape index (κ2) is 8.74. The van der Waals surface area contributed by atoms with Crippen LogP contribution in [0.5, 0.6) is 0 Å². The average Bonchev–Trinajstić information content (AvgIpc) is 3.28. The van der Waals surface area contributed by atoms with E-state index in [1.54, 1.807) is 0 Å². The van der Waals surface area contributed by atoms with Crippen molar-refractivity contribution in [1.29, 1.82) is 0 Å². The normalized spacial score (nSPS) is 11.3. The van der Waals surface area contributed by atoms with Crippen LogP contribution in [0.25, 0.3) is 44.1 Å². The van der Waals surface area contributed by atoms with Crippen LogP contribution in [-0.4, -0.2) is 32.2 Å². The molecule has 0 unspecified atom stereocenters. The highest BCUT2D eigenvalue weighted by Gasteiger charge is 2.38. The van der Waals surface area contributed by atoms with Crippen LogP contribution in [0.2, 0.25) is 0 Å². The predicted octanol–water partition coefficient (Wildman–Crippen LogP) is 5.24. The van der Waals surface area contributed by atoms with Crippen molar-refractivity contribution in [2.24, 2.45) is 0 Å². The highest BCUT2D eigenvalue weighted by Crippen LogP contribution is 2.36. The largest absolute Gasteiger partial charge is 0.490 e. The number of hydrogen-bond donors (Lipinski definition) is 4. The molecule has 0 bridgehead atoms. The number of nitrogens with two attached hydrogens (primary N) is 2. The quantitative estimate of drug-likeness (QED) is 0.282. The maximum Gasteiger partial charge on any atom is 0.490 e. The van der Waals surface area contributed by atoms with Gasteiger partial charge in [-0.1, -0.05) is 54.6 Å². The number of carboxylic acids is 1. The fourth-order valence-corrected chi connectivity index (χ4v) is 3.61. The zero-order valence-corrected chi connectivity index (χ0v) is 17.5. The Morgan fingerprint density at radius 3 is 2.09 bits per heavy atom. The number of nitrogens with one attached hydrogen (secondary N) is 1. The Hall–Kier alpha value is -4.60. The summed E-state index contributed by atoms with van der Waals surface area (Å²) in [6.07, 6.45) is -3.18. The number of hydrogen-bond acceptors (Lipinski definition) is 5. The van der Waals surface area contributed by atoms with Crippen molar-refractivity contribution in [2.75, 3.05) is 11.5 Å². The van der Waals surface area contributed by atoms with Crippen molar-refractivity contribution in [3.05, 3.63) is 72.9 Å². The molecule has 0 fully saturated rings. The Balaban J connectivity index is 0.000000344. The molecule has 0 aliphatic heterocycles. The number of alkyl halides is 3. The zero-order valence-electron chi connectivity index (χ0n) is 17.5. The average molecular weight is 465 g/mol. The van der Waals surface area contributed by atoms with Gasteiger partial charge < -0.3 is 21.6 Å². The lowest BCUT2D eigenvalue weighted by atomic mass is 9.97. The molecule has 3 aromatic carbocycles. The van der Waals surface area contributed by atoms with Gasteiger partial charge in [-0.05, 0) is 28.8 Å². The molecule has 0 saturated carbocycles. The van der Waals surface area contributed by atoms with Gasteiger partial charge in [0.05, 0.1) is 16.4 Å². The second-order valence-electron chi connectivity index (χ2n) is 7.30. The van der Waals surface area contributed by atoms with Crippen molar-refractivity contribution in [3.63, 3.8) is 0 Å². The van der Waals surface area contributed by atoms with Crippen molar-refractivity contribution in [3.8, 4) is 22.3 Å². The van der Waals surface area contributed by atoms with E-state index in [0.717, 1.165) is 32.9 Å². The van der Waals surface area contributed by atoms with Gasteiger partial charge in [-0.3, -0.25) is 0 Å².